The van der Waals surface area contributed by atoms with Crippen LogP contribution in [0, 0.1) is 0 Å². The minimum absolute atomic E-state index is 0. The Morgan fingerprint density at radius 2 is 1.61 bits per heavy atom. The van der Waals surface area contributed by atoms with E-state index in [0.717, 1.165) is 19.3 Å². The smallest absolute Gasteiger partial charge is 1.00 e. The second-order valence-corrected chi connectivity index (χ2v) is 20.2. The molecule has 0 spiro atoms. The first kappa shape index (κ1) is 26.9. The van der Waals surface area contributed by atoms with Crippen LogP contribution in [-0.2, 0) is 34.1 Å². The SMILES string of the molecule is CCC1=C(O[Si](C)(C)C)C[C]([Zr+2][c]2cccc3c2Cc2ccccc2-3)=C1[SiH](C)C.[Cl-].[Cl-]. The second kappa shape index (κ2) is 10.7. The molecule has 0 atom stereocenters. The Hall–Kier alpha value is -0.383. The molecule has 2 aliphatic carbocycles. The van der Waals surface area contributed by atoms with Crippen LogP contribution in [0.3, 0.4) is 0 Å². The van der Waals surface area contributed by atoms with Gasteiger partial charge < -0.3 is 24.8 Å². The Balaban J connectivity index is 0.00000171. The van der Waals surface area contributed by atoms with Gasteiger partial charge in [-0.15, -0.1) is 0 Å². The van der Waals surface area contributed by atoms with Gasteiger partial charge in [0, 0.05) is 0 Å². The van der Waals surface area contributed by atoms with E-state index < -0.39 is 40.3 Å². The molecule has 0 fully saturated rings. The summed E-state index contributed by atoms with van der Waals surface area (Å²) in [6.45, 7) is 14.3. The van der Waals surface area contributed by atoms with Crippen molar-refractivity contribution < 1.29 is 52.5 Å². The quantitative estimate of drug-likeness (QED) is 0.387. The van der Waals surface area contributed by atoms with Crippen LogP contribution in [0.4, 0.5) is 0 Å². The van der Waals surface area contributed by atoms with Crippen LogP contribution in [-0.4, -0.2) is 17.1 Å². The van der Waals surface area contributed by atoms with Crippen LogP contribution in [0.2, 0.25) is 32.7 Å². The van der Waals surface area contributed by atoms with Gasteiger partial charge in [0.05, 0.1) is 0 Å². The number of benzene rings is 2. The van der Waals surface area contributed by atoms with Gasteiger partial charge in [-0.1, -0.05) is 0 Å². The Morgan fingerprint density at radius 1 is 0.935 bits per heavy atom. The van der Waals surface area contributed by atoms with Gasteiger partial charge in [-0.25, -0.2) is 0 Å². The summed E-state index contributed by atoms with van der Waals surface area (Å²) >= 11 is -0.829. The molecule has 0 saturated carbocycles. The molecule has 164 valence electrons. The van der Waals surface area contributed by atoms with E-state index >= 15 is 0 Å². The first-order valence-corrected chi connectivity index (χ1v) is 19.7. The van der Waals surface area contributed by atoms with Crippen LogP contribution >= 0.6 is 0 Å². The third-order valence-corrected chi connectivity index (χ3v) is 12.9. The van der Waals surface area contributed by atoms with E-state index in [0.29, 0.717) is 0 Å². The molecule has 2 aliphatic rings. The van der Waals surface area contributed by atoms with Crippen molar-refractivity contribution in [3.8, 4) is 11.1 Å². The summed E-state index contributed by atoms with van der Waals surface area (Å²) in [5.41, 5.74) is 7.65. The predicted molar refractivity (Wildman–Crippen MR) is 127 cm³/mol. The van der Waals surface area contributed by atoms with E-state index in [1.54, 1.807) is 19.6 Å². The van der Waals surface area contributed by atoms with Crippen molar-refractivity contribution in [3.63, 3.8) is 0 Å². The van der Waals surface area contributed by atoms with E-state index in [2.05, 4.69) is 82.1 Å². The zero-order valence-electron chi connectivity index (χ0n) is 19.4. The summed E-state index contributed by atoms with van der Waals surface area (Å²) in [6.07, 6.45) is 3.36. The molecule has 6 heteroatoms. The van der Waals surface area contributed by atoms with Crippen LogP contribution in [0.15, 0.2) is 62.3 Å². The van der Waals surface area contributed by atoms with Crippen molar-refractivity contribution >= 4 is 20.4 Å². The van der Waals surface area contributed by atoms with Crippen molar-refractivity contribution in [2.24, 2.45) is 0 Å². The van der Waals surface area contributed by atoms with E-state index in [1.807, 2.05) is 3.28 Å². The summed E-state index contributed by atoms with van der Waals surface area (Å²) in [5, 5.41) is 1.78. The van der Waals surface area contributed by atoms with Crippen LogP contribution < -0.4 is 28.1 Å². The monoisotopic (exact) mass is 564 g/mol. The predicted octanol–water partition coefficient (Wildman–Crippen LogP) is 0.173. The summed E-state index contributed by atoms with van der Waals surface area (Å²) in [5.74, 6) is 1.34. The van der Waals surface area contributed by atoms with Gasteiger partial charge in [0.15, 0.2) is 0 Å². The molecule has 4 rings (SSSR count). The zero-order valence-corrected chi connectivity index (χ0v) is 25.5. The number of fused-ring (bicyclic) bond motifs is 3. The number of hydrogen-bond acceptors (Lipinski definition) is 1. The maximum Gasteiger partial charge on any atom is -1.00 e. The Labute approximate surface area is 214 Å². The third kappa shape index (κ3) is 5.58. The van der Waals surface area contributed by atoms with Crippen molar-refractivity contribution in [1.82, 2.24) is 0 Å². The van der Waals surface area contributed by atoms with Crippen molar-refractivity contribution in [3.05, 3.63) is 73.4 Å². The molecule has 2 aromatic rings. The minimum atomic E-state index is -1.58. The van der Waals surface area contributed by atoms with Gasteiger partial charge in [0.25, 0.3) is 0 Å². The standard InChI is InChI=1S/C13H9.C12H23OSi2.2ClH.Zr/c1-3-7-12-10(5-1)9-11-6-2-4-8-13(11)12;1-7-10-11(13-15(4,5)6)8-9-12(10)14(2)3;;;/h1-5,7-8H,9H2;14H,7-8H2,1-6H3;2*1H;/q;;;;+2/p-2. The fourth-order valence-corrected chi connectivity index (χ4v) is 13.6. The summed E-state index contributed by atoms with van der Waals surface area (Å²) in [4.78, 5) is 0. The zero-order chi connectivity index (χ0) is 20.8. The largest absolute Gasteiger partial charge is 1.00 e. The van der Waals surface area contributed by atoms with Crippen LogP contribution in [0.25, 0.3) is 11.1 Å². The van der Waals surface area contributed by atoms with Gasteiger partial charge in [-0.3, -0.25) is 0 Å². The van der Waals surface area contributed by atoms with E-state index in [-0.39, 0.29) is 24.8 Å². The summed E-state index contributed by atoms with van der Waals surface area (Å²) in [6, 6.07) is 16.0. The van der Waals surface area contributed by atoms with Crippen molar-refractivity contribution in [1.29, 1.82) is 0 Å². The average Bonchev–Trinajstić information content (AvgIpc) is 3.19. The molecular weight excluding hydrogens is 535 g/mol. The van der Waals surface area contributed by atoms with Crippen molar-refractivity contribution in [2.45, 2.75) is 58.9 Å². The first-order valence-electron chi connectivity index (χ1n) is 10.9. The third-order valence-electron chi connectivity index (χ3n) is 5.82. The molecule has 2 aromatic carbocycles. The first-order chi connectivity index (χ1) is 13.8. The maximum absolute atomic E-state index is 6.62. The normalized spacial score (nSPS) is 14.7. The molecule has 0 bridgehead atoms. The Bertz CT molecular complexity index is 1020. The van der Waals surface area contributed by atoms with Gasteiger partial charge in [-0.2, -0.15) is 0 Å². The molecule has 31 heavy (non-hydrogen) atoms. The number of rotatable bonds is 6. The molecule has 0 aliphatic heterocycles. The molecule has 0 radical (unpaired) electrons. The molecule has 0 unspecified atom stereocenters. The van der Waals surface area contributed by atoms with Gasteiger partial charge >= 0.3 is 191 Å². The second-order valence-electron chi connectivity index (χ2n) is 9.48. The molecule has 0 heterocycles. The Kier molecular flexibility index (Phi) is 9.27. The fourth-order valence-electron chi connectivity index (χ4n) is 4.80. The van der Waals surface area contributed by atoms with Gasteiger partial charge in [-0.05, 0) is 0 Å². The van der Waals surface area contributed by atoms with Gasteiger partial charge in [0.2, 0.25) is 0 Å². The number of hydrogen-bond donors (Lipinski definition) is 0. The van der Waals surface area contributed by atoms with E-state index in [1.165, 1.54) is 22.4 Å². The summed E-state index contributed by atoms with van der Waals surface area (Å²) < 4.78 is 10.1. The number of halogens is 2. The molecule has 0 N–H and O–H groups in total. The topological polar surface area (TPSA) is 9.23 Å². The van der Waals surface area contributed by atoms with Crippen LogP contribution in [0.5, 0.6) is 0 Å². The maximum atomic E-state index is 6.62. The van der Waals surface area contributed by atoms with Crippen molar-refractivity contribution in [2.75, 3.05) is 0 Å². The Morgan fingerprint density at radius 3 is 2.26 bits per heavy atom. The van der Waals surface area contributed by atoms with Crippen LogP contribution in [0.1, 0.15) is 30.9 Å². The molecule has 0 saturated heterocycles. The molecule has 0 amide bonds. The van der Waals surface area contributed by atoms with E-state index in [4.69, 9.17) is 4.43 Å². The molecule has 1 nitrogen and oxygen atoms in total. The minimum Gasteiger partial charge on any atom is -1.00 e. The number of allylic oxidation sites excluding steroid dienone is 3. The van der Waals surface area contributed by atoms with E-state index in [9.17, 15) is 0 Å². The summed E-state index contributed by atoms with van der Waals surface area (Å²) in [7, 11) is -2.46. The average molecular weight is 567 g/mol. The van der Waals surface area contributed by atoms with Gasteiger partial charge in [0.1, 0.15) is 0 Å². The fraction of sp³-hybridized carbons (Fsp3) is 0.360. The molecular formula is C25H32Cl2OSi2Zr. The molecule has 0 aromatic heterocycles.